The van der Waals surface area contributed by atoms with E-state index in [2.05, 4.69) is 5.32 Å². The number of anilines is 1. The Labute approximate surface area is 170 Å². The van der Waals surface area contributed by atoms with Gasteiger partial charge in [0.05, 0.1) is 13.0 Å². The quantitative estimate of drug-likeness (QED) is 0.797. The second-order valence-electron chi connectivity index (χ2n) is 6.85. The molecule has 1 amide bonds. The molecule has 8 heteroatoms. The molecular weight excluding hydrogens is 400 g/mol. The van der Waals surface area contributed by atoms with Crippen molar-refractivity contribution in [2.75, 3.05) is 25.5 Å². The topological polar surface area (TPSA) is 75.7 Å². The van der Waals surface area contributed by atoms with Gasteiger partial charge in [-0.15, -0.1) is 0 Å². The van der Waals surface area contributed by atoms with E-state index in [0.29, 0.717) is 35.8 Å². The van der Waals surface area contributed by atoms with E-state index in [9.17, 15) is 13.2 Å². The molecule has 1 saturated heterocycles. The molecule has 1 N–H and O–H groups in total. The van der Waals surface area contributed by atoms with Crippen LogP contribution in [0.2, 0.25) is 5.02 Å². The molecule has 1 heterocycles. The number of nitrogens with one attached hydrogen (secondary N) is 1. The number of aryl methyl sites for hydroxylation is 1. The average molecular weight is 423 g/mol. The molecule has 2 aromatic carbocycles. The number of methoxy groups -OCH3 is 1. The summed E-state index contributed by atoms with van der Waals surface area (Å²) in [6.45, 7) is 2.35. The molecule has 0 aliphatic carbocycles. The molecule has 1 aliphatic heterocycles. The van der Waals surface area contributed by atoms with Crippen LogP contribution in [0.4, 0.5) is 5.69 Å². The van der Waals surface area contributed by atoms with E-state index < -0.39 is 15.9 Å². The second-order valence-corrected chi connectivity index (χ2v) is 9.20. The summed E-state index contributed by atoms with van der Waals surface area (Å²) < 4.78 is 33.0. The minimum absolute atomic E-state index is 0.133. The third-order valence-corrected chi connectivity index (χ3v) is 6.94. The number of amides is 1. The fourth-order valence-corrected chi connectivity index (χ4v) is 5.17. The first kappa shape index (κ1) is 20.6. The summed E-state index contributed by atoms with van der Waals surface area (Å²) >= 11 is 5.86. The predicted molar refractivity (Wildman–Crippen MR) is 109 cm³/mol. The van der Waals surface area contributed by atoms with Crippen LogP contribution in [0.25, 0.3) is 0 Å². The Morgan fingerprint density at radius 3 is 2.61 bits per heavy atom. The zero-order valence-electron chi connectivity index (χ0n) is 15.8. The van der Waals surface area contributed by atoms with Gasteiger partial charge in [-0.1, -0.05) is 17.7 Å². The van der Waals surface area contributed by atoms with Gasteiger partial charge < -0.3 is 10.1 Å². The van der Waals surface area contributed by atoms with E-state index in [0.717, 1.165) is 5.56 Å². The molecule has 28 heavy (non-hydrogen) atoms. The number of carbonyl (C=O) groups excluding carboxylic acids is 1. The SMILES string of the molecule is COc1ccc(C)cc1S(=O)(=O)N1CCCC(C(=O)Nc2ccc(Cl)cc2)C1. The molecule has 6 nitrogen and oxygen atoms in total. The molecule has 1 atom stereocenters. The van der Waals surface area contributed by atoms with E-state index >= 15 is 0 Å². The third-order valence-electron chi connectivity index (χ3n) is 4.80. The van der Waals surface area contributed by atoms with Crippen molar-refractivity contribution < 1.29 is 17.9 Å². The number of carbonyl (C=O) groups is 1. The van der Waals surface area contributed by atoms with Gasteiger partial charge in [-0.05, 0) is 61.7 Å². The Kier molecular flexibility index (Phi) is 6.27. The van der Waals surface area contributed by atoms with Crippen LogP contribution in [0, 0.1) is 12.8 Å². The van der Waals surface area contributed by atoms with Gasteiger partial charge in [0.25, 0.3) is 0 Å². The molecule has 0 bridgehead atoms. The molecule has 0 spiro atoms. The number of sulfonamides is 1. The van der Waals surface area contributed by atoms with Gasteiger partial charge >= 0.3 is 0 Å². The first-order valence-corrected chi connectivity index (χ1v) is 10.8. The molecular formula is C20H23ClN2O4S. The van der Waals surface area contributed by atoms with Crippen molar-refractivity contribution in [3.63, 3.8) is 0 Å². The van der Waals surface area contributed by atoms with E-state index in [1.807, 2.05) is 6.92 Å². The van der Waals surface area contributed by atoms with E-state index in [-0.39, 0.29) is 17.3 Å². The van der Waals surface area contributed by atoms with Crippen LogP contribution in [0.5, 0.6) is 5.75 Å². The van der Waals surface area contributed by atoms with Gasteiger partial charge in [-0.2, -0.15) is 4.31 Å². The Morgan fingerprint density at radius 2 is 1.93 bits per heavy atom. The number of halogens is 1. The minimum Gasteiger partial charge on any atom is -0.495 e. The number of nitrogens with zero attached hydrogens (tertiary/aromatic N) is 1. The Bertz CT molecular complexity index is 961. The van der Waals surface area contributed by atoms with Crippen molar-refractivity contribution in [2.45, 2.75) is 24.7 Å². The van der Waals surface area contributed by atoms with Crippen LogP contribution in [0.15, 0.2) is 47.4 Å². The lowest BCUT2D eigenvalue weighted by Gasteiger charge is -2.31. The van der Waals surface area contributed by atoms with Crippen LogP contribution in [0.3, 0.4) is 0 Å². The zero-order valence-corrected chi connectivity index (χ0v) is 17.4. The maximum absolute atomic E-state index is 13.2. The standard InChI is InChI=1S/C20H23ClN2O4S/c1-14-5-10-18(27-2)19(12-14)28(25,26)23-11-3-4-15(13-23)20(24)22-17-8-6-16(21)7-9-17/h5-10,12,15H,3-4,11,13H2,1-2H3,(H,22,24). The number of hydrogen-bond acceptors (Lipinski definition) is 4. The van der Waals surface area contributed by atoms with Gasteiger partial charge in [-0.25, -0.2) is 8.42 Å². The smallest absolute Gasteiger partial charge is 0.246 e. The number of rotatable bonds is 5. The summed E-state index contributed by atoms with van der Waals surface area (Å²) in [4.78, 5) is 12.8. The van der Waals surface area contributed by atoms with Gasteiger partial charge in [0.1, 0.15) is 10.6 Å². The maximum Gasteiger partial charge on any atom is 0.246 e. The molecule has 150 valence electrons. The average Bonchev–Trinajstić information content (AvgIpc) is 2.69. The van der Waals surface area contributed by atoms with Gasteiger partial charge in [0.15, 0.2) is 0 Å². The lowest BCUT2D eigenvalue weighted by Crippen LogP contribution is -2.43. The largest absolute Gasteiger partial charge is 0.495 e. The summed E-state index contributed by atoms with van der Waals surface area (Å²) in [7, 11) is -2.31. The van der Waals surface area contributed by atoms with E-state index in [1.54, 1.807) is 42.5 Å². The molecule has 1 unspecified atom stereocenters. The van der Waals surface area contributed by atoms with Gasteiger partial charge in [0, 0.05) is 23.8 Å². The van der Waals surface area contributed by atoms with Crippen molar-refractivity contribution in [1.82, 2.24) is 4.31 Å². The van der Waals surface area contributed by atoms with Crippen LogP contribution in [0.1, 0.15) is 18.4 Å². The summed E-state index contributed by atoms with van der Waals surface area (Å²) in [5.74, 6) is -0.313. The second kappa shape index (κ2) is 8.51. The molecule has 1 fully saturated rings. The van der Waals surface area contributed by atoms with Crippen molar-refractivity contribution in [3.8, 4) is 5.75 Å². The fourth-order valence-electron chi connectivity index (χ4n) is 3.28. The summed E-state index contributed by atoms with van der Waals surface area (Å²) in [6, 6.07) is 11.9. The lowest BCUT2D eigenvalue weighted by atomic mass is 9.99. The molecule has 0 saturated carbocycles. The number of hydrogen-bond donors (Lipinski definition) is 1. The molecule has 0 radical (unpaired) electrons. The third kappa shape index (κ3) is 4.48. The van der Waals surface area contributed by atoms with Crippen molar-refractivity contribution in [1.29, 1.82) is 0 Å². The fraction of sp³-hybridized carbons (Fsp3) is 0.350. The number of piperidine rings is 1. The summed E-state index contributed by atoms with van der Waals surface area (Å²) in [5.41, 5.74) is 1.46. The number of benzene rings is 2. The minimum atomic E-state index is -3.76. The van der Waals surface area contributed by atoms with E-state index in [4.69, 9.17) is 16.3 Å². The first-order valence-electron chi connectivity index (χ1n) is 9.02. The van der Waals surface area contributed by atoms with Crippen LogP contribution >= 0.6 is 11.6 Å². The first-order chi connectivity index (χ1) is 13.3. The Hall–Kier alpha value is -2.09. The predicted octanol–water partition coefficient (Wildman–Crippen LogP) is 3.70. The van der Waals surface area contributed by atoms with Gasteiger partial charge in [0.2, 0.25) is 15.9 Å². The highest BCUT2D eigenvalue weighted by Gasteiger charge is 2.34. The molecule has 2 aromatic rings. The lowest BCUT2D eigenvalue weighted by molar-refractivity contribution is -0.120. The summed E-state index contributed by atoms with van der Waals surface area (Å²) in [6.07, 6.45) is 1.25. The van der Waals surface area contributed by atoms with E-state index in [1.165, 1.54) is 11.4 Å². The normalized spacial score (nSPS) is 17.9. The Morgan fingerprint density at radius 1 is 1.21 bits per heavy atom. The zero-order chi connectivity index (χ0) is 20.3. The molecule has 3 rings (SSSR count). The van der Waals surface area contributed by atoms with Gasteiger partial charge in [-0.3, -0.25) is 4.79 Å². The number of ether oxygens (including phenoxy) is 1. The van der Waals surface area contributed by atoms with Crippen LogP contribution < -0.4 is 10.1 Å². The summed E-state index contributed by atoms with van der Waals surface area (Å²) in [5, 5.41) is 3.42. The Balaban J connectivity index is 1.78. The van der Waals surface area contributed by atoms with Crippen molar-refractivity contribution in [2.24, 2.45) is 5.92 Å². The highest BCUT2D eigenvalue weighted by Crippen LogP contribution is 2.31. The monoisotopic (exact) mass is 422 g/mol. The van der Waals surface area contributed by atoms with Crippen LogP contribution in [-0.4, -0.2) is 38.8 Å². The van der Waals surface area contributed by atoms with Crippen molar-refractivity contribution >= 4 is 33.2 Å². The highest BCUT2D eigenvalue weighted by molar-refractivity contribution is 7.89. The highest BCUT2D eigenvalue weighted by atomic mass is 35.5. The molecule has 1 aliphatic rings. The van der Waals surface area contributed by atoms with Crippen molar-refractivity contribution in [3.05, 3.63) is 53.1 Å². The molecule has 0 aromatic heterocycles. The van der Waals surface area contributed by atoms with Crippen LogP contribution in [-0.2, 0) is 14.8 Å². The maximum atomic E-state index is 13.2.